The highest BCUT2D eigenvalue weighted by molar-refractivity contribution is 6.01. The minimum Gasteiger partial charge on any atom is -0.438 e. The molecule has 30 heavy (non-hydrogen) atoms. The first-order chi connectivity index (χ1) is 14.2. The van der Waals surface area contributed by atoms with Crippen molar-refractivity contribution in [2.45, 2.75) is 26.2 Å². The number of hydrogen-bond acceptors (Lipinski definition) is 5. The molecule has 1 amide bonds. The lowest BCUT2D eigenvalue weighted by Crippen LogP contribution is -2.22. The van der Waals surface area contributed by atoms with E-state index < -0.39 is 11.5 Å². The van der Waals surface area contributed by atoms with Crippen molar-refractivity contribution < 1.29 is 9.53 Å². The number of amides is 1. The summed E-state index contributed by atoms with van der Waals surface area (Å²) in [6.07, 6.45) is 2.77. The molecule has 0 radical (unpaired) electrons. The molecule has 0 unspecified atom stereocenters. The maximum absolute atomic E-state index is 13.0. The first-order valence-corrected chi connectivity index (χ1v) is 9.38. The number of pyridine rings is 1. The Hall–Kier alpha value is -3.92. The van der Waals surface area contributed by atoms with Gasteiger partial charge in [0.1, 0.15) is 28.6 Å². The fourth-order valence-electron chi connectivity index (χ4n) is 2.85. The number of rotatable bonds is 4. The highest BCUT2D eigenvalue weighted by Gasteiger charge is 2.17. The summed E-state index contributed by atoms with van der Waals surface area (Å²) >= 11 is 0. The summed E-state index contributed by atoms with van der Waals surface area (Å²) in [5.74, 6) is -0.0924. The van der Waals surface area contributed by atoms with Gasteiger partial charge in [0, 0.05) is 13.2 Å². The molecule has 0 aliphatic heterocycles. The van der Waals surface area contributed by atoms with E-state index in [1.165, 1.54) is 17.5 Å². The van der Waals surface area contributed by atoms with Crippen LogP contribution in [0.3, 0.4) is 0 Å². The van der Waals surface area contributed by atoms with Crippen LogP contribution in [0.2, 0.25) is 0 Å². The van der Waals surface area contributed by atoms with E-state index in [9.17, 15) is 14.9 Å². The Balaban J connectivity index is 2.15. The minimum absolute atomic E-state index is 0.0122. The Kier molecular flexibility index (Phi) is 5.70. The lowest BCUT2D eigenvalue weighted by Gasteiger charge is -2.19. The van der Waals surface area contributed by atoms with E-state index in [2.05, 4.69) is 31.1 Å². The molecule has 1 N–H and O–H groups in total. The molecule has 0 atom stereocenters. The number of hydrogen-bond donors (Lipinski definition) is 1. The summed E-state index contributed by atoms with van der Waals surface area (Å²) in [6.45, 7) is 6.33. The van der Waals surface area contributed by atoms with E-state index in [0.29, 0.717) is 11.4 Å². The average molecular weight is 402 g/mol. The molecule has 0 aliphatic rings. The van der Waals surface area contributed by atoms with Crippen molar-refractivity contribution in [3.8, 4) is 17.7 Å². The van der Waals surface area contributed by atoms with Crippen LogP contribution in [0.5, 0.6) is 11.6 Å². The Labute approximate surface area is 174 Å². The van der Waals surface area contributed by atoms with Crippen LogP contribution in [-0.2, 0) is 10.2 Å². The number of carbonyl (C=O) groups excluding carboxylic acids is 1. The number of carbonyl (C=O) groups is 1. The van der Waals surface area contributed by atoms with Crippen molar-refractivity contribution in [3.05, 3.63) is 75.7 Å². The highest BCUT2D eigenvalue weighted by atomic mass is 16.5. The predicted molar refractivity (Wildman–Crippen MR) is 114 cm³/mol. The number of nitrogens with zero attached hydrogens (tertiary/aromatic N) is 3. The highest BCUT2D eigenvalue weighted by Crippen LogP contribution is 2.28. The van der Waals surface area contributed by atoms with E-state index in [1.54, 1.807) is 36.5 Å². The maximum Gasteiger partial charge on any atom is 0.269 e. The van der Waals surface area contributed by atoms with Gasteiger partial charge in [-0.3, -0.25) is 14.0 Å². The largest absolute Gasteiger partial charge is 0.438 e. The molecule has 152 valence electrons. The molecule has 7 heteroatoms. The Morgan fingerprint density at radius 2 is 1.90 bits per heavy atom. The molecule has 1 aromatic carbocycles. The SMILES string of the molecule is CNC(=O)/C(C#N)=C/c1c(Oc2ccc(C(C)(C)C)cc2)nc2ccccn2c1=O. The van der Waals surface area contributed by atoms with Crippen molar-refractivity contribution in [1.29, 1.82) is 5.26 Å². The Morgan fingerprint density at radius 3 is 2.50 bits per heavy atom. The number of likely N-dealkylation sites (N-methyl/N-ethyl adjacent to an activating group) is 1. The number of ether oxygens (including phenoxy) is 1. The molecule has 0 aliphatic carbocycles. The van der Waals surface area contributed by atoms with E-state index >= 15 is 0 Å². The quantitative estimate of drug-likeness (QED) is 0.533. The van der Waals surface area contributed by atoms with Crippen molar-refractivity contribution in [3.63, 3.8) is 0 Å². The van der Waals surface area contributed by atoms with Crippen LogP contribution in [0.25, 0.3) is 11.7 Å². The Morgan fingerprint density at radius 1 is 1.20 bits per heavy atom. The smallest absolute Gasteiger partial charge is 0.269 e. The van der Waals surface area contributed by atoms with Crippen LogP contribution >= 0.6 is 0 Å². The van der Waals surface area contributed by atoms with Gasteiger partial charge in [-0.2, -0.15) is 10.2 Å². The molecule has 3 aromatic rings. The predicted octanol–water partition coefficient (Wildman–Crippen LogP) is 3.44. The van der Waals surface area contributed by atoms with Crippen molar-refractivity contribution in [2.24, 2.45) is 0 Å². The number of nitrogens with one attached hydrogen (secondary N) is 1. The summed E-state index contributed by atoms with van der Waals surface area (Å²) in [4.78, 5) is 29.4. The van der Waals surface area contributed by atoms with Crippen molar-refractivity contribution in [1.82, 2.24) is 14.7 Å². The van der Waals surface area contributed by atoms with Gasteiger partial charge in [0.15, 0.2) is 0 Å². The molecule has 3 rings (SSSR count). The van der Waals surface area contributed by atoms with Crippen LogP contribution < -0.4 is 15.6 Å². The monoisotopic (exact) mass is 402 g/mol. The fourth-order valence-corrected chi connectivity index (χ4v) is 2.85. The van der Waals surface area contributed by atoms with Crippen LogP contribution in [0.4, 0.5) is 0 Å². The number of fused-ring (bicyclic) bond motifs is 1. The van der Waals surface area contributed by atoms with E-state index in [1.807, 2.05) is 18.2 Å². The summed E-state index contributed by atoms with van der Waals surface area (Å²) < 4.78 is 7.25. The normalized spacial score (nSPS) is 11.8. The molecule has 0 saturated heterocycles. The minimum atomic E-state index is -0.601. The summed E-state index contributed by atoms with van der Waals surface area (Å²) in [6, 6.07) is 14.4. The second kappa shape index (κ2) is 8.21. The standard InChI is InChI=1S/C23H22N4O3/c1-23(2,3)16-8-10-17(11-9-16)30-21-18(13-15(14-24)20(28)25-4)22(29)27-12-6-5-7-19(27)26-21/h5-13H,1-4H3,(H,25,28)/b15-13+. The second-order valence-corrected chi connectivity index (χ2v) is 7.69. The first-order valence-electron chi connectivity index (χ1n) is 9.38. The van der Waals surface area contributed by atoms with Crippen LogP contribution in [0, 0.1) is 11.3 Å². The zero-order valence-corrected chi connectivity index (χ0v) is 17.3. The van der Waals surface area contributed by atoms with Gasteiger partial charge in [-0.1, -0.05) is 39.0 Å². The van der Waals surface area contributed by atoms with Gasteiger partial charge in [0.2, 0.25) is 5.88 Å². The summed E-state index contributed by atoms with van der Waals surface area (Å²) in [7, 11) is 1.41. The average Bonchev–Trinajstić information content (AvgIpc) is 2.73. The van der Waals surface area contributed by atoms with Crippen LogP contribution in [-0.4, -0.2) is 22.3 Å². The van der Waals surface area contributed by atoms with Crippen LogP contribution in [0.1, 0.15) is 31.9 Å². The molecule has 2 aromatic heterocycles. The zero-order valence-electron chi connectivity index (χ0n) is 17.3. The summed E-state index contributed by atoms with van der Waals surface area (Å²) in [5, 5.41) is 11.7. The van der Waals surface area contributed by atoms with Gasteiger partial charge in [-0.05, 0) is 41.3 Å². The maximum atomic E-state index is 13.0. The lowest BCUT2D eigenvalue weighted by atomic mass is 9.87. The molecular formula is C23H22N4O3. The molecule has 0 saturated carbocycles. The number of nitriles is 1. The van der Waals surface area contributed by atoms with E-state index in [0.717, 1.165) is 5.56 Å². The molecule has 7 nitrogen and oxygen atoms in total. The molecule has 0 spiro atoms. The fraction of sp³-hybridized carbons (Fsp3) is 0.217. The molecule has 2 heterocycles. The zero-order chi connectivity index (χ0) is 21.9. The van der Waals surface area contributed by atoms with Gasteiger partial charge in [0.25, 0.3) is 11.5 Å². The van der Waals surface area contributed by atoms with Crippen LogP contribution in [0.15, 0.2) is 59.0 Å². The third-order valence-corrected chi connectivity index (χ3v) is 4.55. The van der Waals surface area contributed by atoms with E-state index in [-0.39, 0.29) is 22.4 Å². The number of benzene rings is 1. The topological polar surface area (TPSA) is 96.5 Å². The second-order valence-electron chi connectivity index (χ2n) is 7.69. The van der Waals surface area contributed by atoms with Gasteiger partial charge >= 0.3 is 0 Å². The van der Waals surface area contributed by atoms with Crippen molar-refractivity contribution >= 4 is 17.6 Å². The summed E-state index contributed by atoms with van der Waals surface area (Å²) in [5.41, 5.74) is 0.853. The Bertz CT molecular complexity index is 1230. The first kappa shape index (κ1) is 20.8. The third kappa shape index (κ3) is 4.23. The van der Waals surface area contributed by atoms with Gasteiger partial charge < -0.3 is 10.1 Å². The van der Waals surface area contributed by atoms with Gasteiger partial charge in [-0.25, -0.2) is 0 Å². The molecule has 0 fully saturated rings. The van der Waals surface area contributed by atoms with Gasteiger partial charge in [-0.15, -0.1) is 0 Å². The lowest BCUT2D eigenvalue weighted by molar-refractivity contribution is -0.116. The number of aromatic nitrogens is 2. The van der Waals surface area contributed by atoms with E-state index in [4.69, 9.17) is 4.74 Å². The van der Waals surface area contributed by atoms with Gasteiger partial charge in [0.05, 0.1) is 0 Å². The third-order valence-electron chi connectivity index (χ3n) is 4.55. The van der Waals surface area contributed by atoms with Crippen molar-refractivity contribution in [2.75, 3.05) is 7.05 Å². The molecule has 0 bridgehead atoms. The molecular weight excluding hydrogens is 380 g/mol.